The Morgan fingerprint density at radius 2 is 1.75 bits per heavy atom. The number of rotatable bonds is 7. The molecule has 1 amide bonds. The Morgan fingerprint density at radius 1 is 1.02 bits per heavy atom. The summed E-state index contributed by atoms with van der Waals surface area (Å²) in [5, 5.41) is 2.71. The lowest BCUT2D eigenvalue weighted by molar-refractivity contribution is -0.110. The molecule has 0 radical (unpaired) electrons. The van der Waals surface area contributed by atoms with E-state index in [1.165, 1.54) is 45.5 Å². The highest BCUT2D eigenvalue weighted by Gasteiger charge is 2.36. The fourth-order valence-corrected chi connectivity index (χ4v) is 5.29. The van der Waals surface area contributed by atoms with Gasteiger partial charge in [0, 0.05) is 26.8 Å². The number of anilines is 2. The molecule has 40 heavy (non-hydrogen) atoms. The van der Waals surface area contributed by atoms with Crippen molar-refractivity contribution in [3.8, 4) is 5.75 Å². The van der Waals surface area contributed by atoms with Crippen LogP contribution in [0.2, 0.25) is 0 Å². The smallest absolute Gasteiger partial charge is 0.337 e. The number of carbonyl (C=O) groups is 2. The maximum atomic E-state index is 13.9. The molecule has 0 aromatic heterocycles. The number of para-hydroxylation sites is 1. The summed E-state index contributed by atoms with van der Waals surface area (Å²) < 4.78 is 37.8. The molecule has 1 aliphatic rings. The van der Waals surface area contributed by atoms with Gasteiger partial charge in [0.15, 0.2) is 11.5 Å². The lowest BCUT2D eigenvalue weighted by Crippen LogP contribution is -2.44. The van der Waals surface area contributed by atoms with Crippen LogP contribution >= 0.6 is 0 Å². The van der Waals surface area contributed by atoms with Crippen LogP contribution in [0.3, 0.4) is 0 Å². The average Bonchev–Trinajstić information content (AvgIpc) is 2.94. The zero-order valence-corrected chi connectivity index (χ0v) is 23.7. The second kappa shape index (κ2) is 11.2. The summed E-state index contributed by atoms with van der Waals surface area (Å²) in [5.41, 5.74) is 2.38. The lowest BCUT2D eigenvalue weighted by Gasteiger charge is -2.27. The fraction of sp³-hybridized carbons (Fsp3) is 0.214. The van der Waals surface area contributed by atoms with Crippen LogP contribution in [0.15, 0.2) is 75.5 Å². The molecule has 0 atom stereocenters. The summed E-state index contributed by atoms with van der Waals surface area (Å²) >= 11 is 0. The normalized spacial score (nSPS) is 14.1. The zero-order valence-electron chi connectivity index (χ0n) is 22.9. The van der Waals surface area contributed by atoms with E-state index >= 15 is 0 Å². The third kappa shape index (κ3) is 5.38. The number of nitrogens with one attached hydrogen (secondary N) is 1. The van der Waals surface area contributed by atoms with Gasteiger partial charge in [-0.15, -0.1) is 0 Å². The summed E-state index contributed by atoms with van der Waals surface area (Å²) in [6.07, 6.45) is 0. The second-order valence-electron chi connectivity index (χ2n) is 9.06. The van der Waals surface area contributed by atoms with Gasteiger partial charge < -0.3 is 19.7 Å². The molecule has 0 bridgehead atoms. The van der Waals surface area contributed by atoms with Crippen LogP contribution in [-0.4, -0.2) is 71.5 Å². The van der Waals surface area contributed by atoms with Crippen molar-refractivity contribution in [1.82, 2.24) is 4.31 Å². The number of amides is 1. The van der Waals surface area contributed by atoms with Gasteiger partial charge in [0.2, 0.25) is 0 Å². The van der Waals surface area contributed by atoms with Crippen LogP contribution in [0.4, 0.5) is 22.7 Å². The van der Waals surface area contributed by atoms with Gasteiger partial charge in [-0.1, -0.05) is 12.1 Å². The Morgan fingerprint density at radius 3 is 2.40 bits per heavy atom. The number of carbonyl (C=O) groups excluding carboxylic acids is 2. The largest absolute Gasteiger partial charge is 0.495 e. The van der Waals surface area contributed by atoms with Crippen molar-refractivity contribution in [2.75, 3.05) is 45.6 Å². The summed E-state index contributed by atoms with van der Waals surface area (Å²) in [4.78, 5) is 37.1. The van der Waals surface area contributed by atoms with Gasteiger partial charge in [-0.2, -0.15) is 0 Å². The van der Waals surface area contributed by atoms with Gasteiger partial charge in [0.1, 0.15) is 10.6 Å². The van der Waals surface area contributed by atoms with Crippen LogP contribution in [0, 0.1) is 6.92 Å². The zero-order chi connectivity index (χ0) is 29.2. The van der Waals surface area contributed by atoms with E-state index < -0.39 is 21.9 Å². The molecule has 1 N–H and O–H groups in total. The van der Waals surface area contributed by atoms with Gasteiger partial charge in [0.05, 0.1) is 36.8 Å². The molecular formula is C28H29N5O6S. The molecule has 0 saturated heterocycles. The third-order valence-corrected chi connectivity index (χ3v) is 8.05. The van der Waals surface area contributed by atoms with E-state index in [1.807, 2.05) is 38.1 Å². The van der Waals surface area contributed by atoms with E-state index in [0.717, 1.165) is 15.6 Å². The number of nitrogens with zero attached hydrogens (tertiary/aromatic N) is 4. The van der Waals surface area contributed by atoms with Gasteiger partial charge >= 0.3 is 5.97 Å². The highest BCUT2D eigenvalue weighted by atomic mass is 32.2. The quantitative estimate of drug-likeness (QED) is 0.341. The maximum absolute atomic E-state index is 13.9. The van der Waals surface area contributed by atoms with Crippen molar-refractivity contribution in [2.24, 2.45) is 9.98 Å². The van der Waals surface area contributed by atoms with Crippen LogP contribution in [0.1, 0.15) is 15.9 Å². The number of ether oxygens (including phenoxy) is 2. The fourth-order valence-electron chi connectivity index (χ4n) is 4.01. The Hall–Kier alpha value is -4.71. The second-order valence-corrected chi connectivity index (χ2v) is 11.0. The molecule has 0 fully saturated rings. The number of esters is 1. The first kappa shape index (κ1) is 28.3. The Balaban J connectivity index is 1.89. The average molecular weight is 564 g/mol. The lowest BCUT2D eigenvalue weighted by atomic mass is 10.1. The SMILES string of the molecule is COC(=O)c1ccc(OC)c(NC(=O)/C(=N\c2ccc(N(C)C)cc2C)C2=Nc3ccccc3S(=O)(=O)N2C)c1. The summed E-state index contributed by atoms with van der Waals surface area (Å²) in [7, 11) is 3.75. The number of aliphatic imine (C=N–C) groups is 2. The van der Waals surface area contributed by atoms with Crippen molar-refractivity contribution >= 4 is 56.2 Å². The molecule has 3 aromatic carbocycles. The molecule has 12 heteroatoms. The van der Waals surface area contributed by atoms with E-state index in [0.29, 0.717) is 5.69 Å². The monoisotopic (exact) mass is 563 g/mol. The summed E-state index contributed by atoms with van der Waals surface area (Å²) in [6.45, 7) is 1.84. The molecule has 0 aliphatic carbocycles. The van der Waals surface area contributed by atoms with E-state index in [-0.39, 0.29) is 39.1 Å². The number of benzene rings is 3. The van der Waals surface area contributed by atoms with Crippen molar-refractivity contribution in [3.05, 3.63) is 71.8 Å². The number of hydrogen-bond donors (Lipinski definition) is 1. The van der Waals surface area contributed by atoms with Crippen molar-refractivity contribution in [1.29, 1.82) is 0 Å². The number of amidine groups is 1. The number of sulfonamides is 1. The molecule has 11 nitrogen and oxygen atoms in total. The Kier molecular flexibility index (Phi) is 7.91. The number of fused-ring (bicyclic) bond motifs is 1. The molecule has 0 saturated carbocycles. The summed E-state index contributed by atoms with van der Waals surface area (Å²) in [6, 6.07) is 16.1. The Bertz CT molecular complexity index is 1660. The highest BCUT2D eigenvalue weighted by molar-refractivity contribution is 7.90. The van der Waals surface area contributed by atoms with E-state index in [9.17, 15) is 18.0 Å². The minimum Gasteiger partial charge on any atom is -0.495 e. The van der Waals surface area contributed by atoms with Crippen LogP contribution in [-0.2, 0) is 19.6 Å². The predicted octanol–water partition coefficient (Wildman–Crippen LogP) is 3.93. The standard InChI is InChI=1S/C28H29N5O6S/c1-17-15-19(32(2)3)12-13-20(17)29-25(26-30-21-9-7-8-10-24(21)40(36,37)33(26)4)27(34)31-22-16-18(28(35)39-6)11-14-23(22)38-5/h7-16H,1-6H3,(H,31,34)/b29-25-. The minimum atomic E-state index is -4.03. The van der Waals surface area contributed by atoms with Gasteiger partial charge in [-0.25, -0.2) is 23.2 Å². The van der Waals surface area contributed by atoms with E-state index in [2.05, 4.69) is 15.3 Å². The van der Waals surface area contributed by atoms with Gasteiger partial charge in [0.25, 0.3) is 15.9 Å². The molecule has 208 valence electrons. The number of methoxy groups -OCH3 is 2. The van der Waals surface area contributed by atoms with Crippen LogP contribution < -0.4 is 15.0 Å². The van der Waals surface area contributed by atoms with Crippen LogP contribution in [0.5, 0.6) is 5.75 Å². The molecule has 1 aliphatic heterocycles. The van der Waals surface area contributed by atoms with Crippen molar-refractivity contribution < 1.29 is 27.5 Å². The third-order valence-electron chi connectivity index (χ3n) is 6.25. The number of hydrogen-bond acceptors (Lipinski definition) is 9. The first-order valence-electron chi connectivity index (χ1n) is 12.1. The van der Waals surface area contributed by atoms with Crippen molar-refractivity contribution in [3.63, 3.8) is 0 Å². The first-order valence-corrected chi connectivity index (χ1v) is 13.5. The van der Waals surface area contributed by atoms with Gasteiger partial charge in [-0.3, -0.25) is 9.10 Å². The van der Waals surface area contributed by atoms with Gasteiger partial charge in [-0.05, 0) is 61.0 Å². The number of aryl methyl sites for hydroxylation is 1. The highest BCUT2D eigenvalue weighted by Crippen LogP contribution is 2.33. The minimum absolute atomic E-state index is 0.0139. The van der Waals surface area contributed by atoms with E-state index in [1.54, 1.807) is 24.3 Å². The molecule has 0 unspecified atom stereocenters. The molecule has 1 heterocycles. The molecule has 0 spiro atoms. The summed E-state index contributed by atoms with van der Waals surface area (Å²) in [5.74, 6) is -1.28. The Labute approximate surface area is 232 Å². The molecule has 4 rings (SSSR count). The molecular weight excluding hydrogens is 534 g/mol. The van der Waals surface area contributed by atoms with E-state index in [4.69, 9.17) is 9.47 Å². The topological polar surface area (TPSA) is 130 Å². The predicted molar refractivity (Wildman–Crippen MR) is 154 cm³/mol. The van der Waals surface area contributed by atoms with Crippen molar-refractivity contribution in [2.45, 2.75) is 11.8 Å². The maximum Gasteiger partial charge on any atom is 0.337 e. The van der Waals surface area contributed by atoms with Crippen LogP contribution in [0.25, 0.3) is 0 Å². The molecule has 3 aromatic rings. The first-order chi connectivity index (χ1) is 19.0.